The van der Waals surface area contributed by atoms with Gasteiger partial charge in [-0.2, -0.15) is 10.5 Å². The highest BCUT2D eigenvalue weighted by molar-refractivity contribution is 8.00. The number of thioether (sulfide) groups is 1. The molecule has 7 heteroatoms. The number of hydrogen-bond acceptors (Lipinski definition) is 6. The first-order valence-corrected chi connectivity index (χ1v) is 11.2. The zero-order valence-corrected chi connectivity index (χ0v) is 17.5. The van der Waals surface area contributed by atoms with Crippen LogP contribution in [-0.2, 0) is 17.6 Å². The van der Waals surface area contributed by atoms with Crippen molar-refractivity contribution < 1.29 is 4.79 Å². The van der Waals surface area contributed by atoms with Crippen molar-refractivity contribution in [1.29, 1.82) is 10.5 Å². The van der Waals surface area contributed by atoms with Crippen molar-refractivity contribution in [2.75, 3.05) is 11.1 Å². The molecule has 1 aliphatic rings. The minimum Gasteiger partial charge on any atom is -0.316 e. The van der Waals surface area contributed by atoms with Gasteiger partial charge in [0.15, 0.2) is 0 Å². The maximum Gasteiger partial charge on any atom is 0.235 e. The van der Waals surface area contributed by atoms with E-state index in [4.69, 9.17) is 0 Å². The number of pyridine rings is 1. The Bertz CT molecular complexity index is 1200. The summed E-state index contributed by atoms with van der Waals surface area (Å²) in [6.45, 7) is 1.99. The average Bonchev–Trinajstić information content (AvgIpc) is 3.08. The number of nitrogens with one attached hydrogen (secondary N) is 1. The highest BCUT2D eigenvalue weighted by Gasteiger charge is 2.22. The van der Waals surface area contributed by atoms with Crippen LogP contribution in [-0.4, -0.2) is 16.6 Å². The van der Waals surface area contributed by atoms with Crippen LogP contribution in [0, 0.1) is 29.6 Å². The molecule has 5 nitrogen and oxygen atoms in total. The lowest BCUT2D eigenvalue weighted by Gasteiger charge is -2.09. The van der Waals surface area contributed by atoms with Crippen molar-refractivity contribution in [2.24, 2.45) is 0 Å². The number of thiophene rings is 1. The van der Waals surface area contributed by atoms with E-state index < -0.39 is 0 Å². The molecule has 0 atom stereocenters. The number of hydrogen-bond donors (Lipinski definition) is 1. The predicted molar refractivity (Wildman–Crippen MR) is 116 cm³/mol. The monoisotopic (exact) mass is 418 g/mol. The van der Waals surface area contributed by atoms with E-state index in [1.54, 1.807) is 0 Å². The number of rotatable bonds is 4. The third kappa shape index (κ3) is 3.98. The van der Waals surface area contributed by atoms with Gasteiger partial charge < -0.3 is 5.32 Å². The fourth-order valence-electron chi connectivity index (χ4n) is 3.52. The van der Waals surface area contributed by atoms with Crippen molar-refractivity contribution in [2.45, 2.75) is 37.6 Å². The van der Waals surface area contributed by atoms with Crippen molar-refractivity contribution in [1.82, 2.24) is 4.98 Å². The molecule has 0 saturated heterocycles. The molecule has 0 unspecified atom stereocenters. The molecule has 1 aliphatic carbocycles. The molecule has 0 fully saturated rings. The smallest absolute Gasteiger partial charge is 0.235 e. The molecule has 2 heterocycles. The number of anilines is 1. The van der Waals surface area contributed by atoms with Crippen LogP contribution in [0.5, 0.6) is 0 Å². The van der Waals surface area contributed by atoms with E-state index in [1.165, 1.54) is 28.0 Å². The molecule has 1 N–H and O–H groups in total. The lowest BCUT2D eigenvalue weighted by Crippen LogP contribution is -2.14. The summed E-state index contributed by atoms with van der Waals surface area (Å²) in [6.07, 6.45) is 4.11. The molecular weight excluding hydrogens is 400 g/mol. The van der Waals surface area contributed by atoms with Gasteiger partial charge in [-0.25, -0.2) is 4.98 Å². The fourth-order valence-corrected chi connectivity index (χ4v) is 5.54. The zero-order valence-electron chi connectivity index (χ0n) is 15.9. The lowest BCUT2D eigenvalue weighted by molar-refractivity contribution is -0.113. The number of fused-ring (bicyclic) bond motifs is 2. The summed E-state index contributed by atoms with van der Waals surface area (Å²) in [7, 11) is 0. The molecule has 3 aromatic rings. The van der Waals surface area contributed by atoms with E-state index in [0.717, 1.165) is 47.7 Å². The summed E-state index contributed by atoms with van der Waals surface area (Å²) in [4.78, 5) is 18.3. The summed E-state index contributed by atoms with van der Waals surface area (Å²) in [5, 5.41) is 24.0. The summed E-state index contributed by atoms with van der Waals surface area (Å²) < 4.78 is 0. The third-order valence-electron chi connectivity index (χ3n) is 4.93. The number of carbonyl (C=O) groups is 1. The Morgan fingerprint density at radius 3 is 2.86 bits per heavy atom. The number of aromatic nitrogens is 1. The SMILES string of the molecule is Cc1ccc2cc(C#N)c(SCC(=O)Nc3sc4c(c3C#N)CCCC4)nc2c1. The molecule has 144 valence electrons. The number of nitrogens with zero attached hydrogens (tertiary/aromatic N) is 3. The van der Waals surface area contributed by atoms with Crippen molar-refractivity contribution >= 4 is 44.9 Å². The van der Waals surface area contributed by atoms with E-state index in [1.807, 2.05) is 31.2 Å². The van der Waals surface area contributed by atoms with E-state index in [2.05, 4.69) is 22.4 Å². The highest BCUT2D eigenvalue weighted by atomic mass is 32.2. The van der Waals surface area contributed by atoms with E-state index in [9.17, 15) is 15.3 Å². The van der Waals surface area contributed by atoms with Crippen LogP contribution in [0.2, 0.25) is 0 Å². The second kappa shape index (κ2) is 8.24. The van der Waals surface area contributed by atoms with Gasteiger partial charge >= 0.3 is 0 Å². The standard InChI is InChI=1S/C22H18N4OS2/c1-13-6-7-14-9-15(10-23)21(25-18(14)8-13)28-12-20(27)26-22-17(11-24)16-4-2-3-5-19(16)29-22/h6-9H,2-5,12H2,1H3,(H,26,27). The first-order valence-electron chi connectivity index (χ1n) is 9.38. The Balaban J connectivity index is 1.51. The maximum atomic E-state index is 12.5. The largest absolute Gasteiger partial charge is 0.316 e. The number of carbonyl (C=O) groups excluding carboxylic acids is 1. The topological polar surface area (TPSA) is 89.6 Å². The van der Waals surface area contributed by atoms with E-state index in [-0.39, 0.29) is 11.7 Å². The van der Waals surface area contributed by atoms with Crippen LogP contribution in [0.3, 0.4) is 0 Å². The molecule has 0 radical (unpaired) electrons. The van der Waals surface area contributed by atoms with Crippen LogP contribution < -0.4 is 5.32 Å². The Morgan fingerprint density at radius 2 is 2.07 bits per heavy atom. The van der Waals surface area contributed by atoms with Gasteiger partial charge in [0.1, 0.15) is 22.2 Å². The quantitative estimate of drug-likeness (QED) is 0.605. The summed E-state index contributed by atoms with van der Waals surface area (Å²) in [6, 6.07) is 12.1. The van der Waals surface area contributed by atoms with Crippen LogP contribution >= 0.6 is 23.1 Å². The molecule has 29 heavy (non-hydrogen) atoms. The number of nitriles is 2. The highest BCUT2D eigenvalue weighted by Crippen LogP contribution is 2.37. The van der Waals surface area contributed by atoms with Crippen LogP contribution in [0.1, 0.15) is 40.0 Å². The van der Waals surface area contributed by atoms with Crippen LogP contribution in [0.25, 0.3) is 10.9 Å². The molecule has 1 aromatic carbocycles. The fraction of sp³-hybridized carbons (Fsp3) is 0.273. The summed E-state index contributed by atoms with van der Waals surface area (Å²) >= 11 is 2.76. The Kier molecular flexibility index (Phi) is 5.53. The third-order valence-corrected chi connectivity index (χ3v) is 7.13. The Labute approximate surface area is 177 Å². The molecule has 4 rings (SSSR count). The summed E-state index contributed by atoms with van der Waals surface area (Å²) in [5.74, 6) is -0.0629. The second-order valence-electron chi connectivity index (χ2n) is 7.01. The van der Waals surface area contributed by atoms with Crippen molar-refractivity contribution in [3.8, 4) is 12.1 Å². The first kappa shape index (κ1) is 19.4. The Morgan fingerprint density at radius 1 is 1.24 bits per heavy atom. The maximum absolute atomic E-state index is 12.5. The van der Waals surface area contributed by atoms with E-state index in [0.29, 0.717) is 21.2 Å². The number of aryl methyl sites for hydroxylation is 2. The van der Waals surface area contributed by atoms with Crippen LogP contribution in [0.4, 0.5) is 5.00 Å². The second-order valence-corrected chi connectivity index (χ2v) is 9.08. The van der Waals surface area contributed by atoms with Gasteiger partial charge in [0, 0.05) is 10.3 Å². The minimum absolute atomic E-state index is 0.131. The van der Waals surface area contributed by atoms with Gasteiger partial charge in [-0.15, -0.1) is 11.3 Å². The molecule has 1 amide bonds. The molecule has 0 bridgehead atoms. The molecule has 0 spiro atoms. The lowest BCUT2D eigenvalue weighted by atomic mass is 9.96. The molecule has 0 saturated carbocycles. The number of amides is 1. The minimum atomic E-state index is -0.194. The van der Waals surface area contributed by atoms with Crippen LogP contribution in [0.15, 0.2) is 29.3 Å². The van der Waals surface area contributed by atoms with Gasteiger partial charge in [0.25, 0.3) is 0 Å². The van der Waals surface area contributed by atoms with Crippen molar-refractivity contribution in [3.63, 3.8) is 0 Å². The van der Waals surface area contributed by atoms with Gasteiger partial charge in [-0.05, 0) is 55.9 Å². The average molecular weight is 419 g/mol. The van der Waals surface area contributed by atoms with Gasteiger partial charge in [0.2, 0.25) is 5.91 Å². The Hall–Kier alpha value is -2.87. The van der Waals surface area contributed by atoms with Gasteiger partial charge in [-0.1, -0.05) is 23.9 Å². The van der Waals surface area contributed by atoms with E-state index >= 15 is 0 Å². The summed E-state index contributed by atoms with van der Waals surface area (Å²) in [5.41, 5.74) is 4.08. The molecule has 2 aromatic heterocycles. The normalized spacial score (nSPS) is 12.8. The van der Waals surface area contributed by atoms with Gasteiger partial charge in [-0.3, -0.25) is 4.79 Å². The predicted octanol–water partition coefficient (Wildman–Crippen LogP) is 4.96. The zero-order chi connectivity index (χ0) is 20.4. The van der Waals surface area contributed by atoms with Crippen molar-refractivity contribution in [3.05, 3.63) is 51.4 Å². The molecular formula is C22H18N4OS2. The number of benzene rings is 1. The molecule has 0 aliphatic heterocycles. The van der Waals surface area contributed by atoms with Gasteiger partial charge in [0.05, 0.1) is 22.4 Å². The first-order chi connectivity index (χ1) is 14.1.